The Morgan fingerprint density at radius 1 is 1.15 bits per heavy atom. The molecule has 108 valence electrons. The van der Waals surface area contributed by atoms with Gasteiger partial charge in [0.15, 0.2) is 0 Å². The molecule has 0 radical (unpaired) electrons. The average molecular weight is 340 g/mol. The van der Waals surface area contributed by atoms with Crippen molar-refractivity contribution < 1.29 is 9.18 Å². The van der Waals surface area contributed by atoms with Crippen LogP contribution in [-0.4, -0.2) is 23.9 Å². The Hall–Kier alpha value is -0.900. The molecule has 0 bridgehead atoms. The molecule has 0 unspecified atom stereocenters. The first-order valence-electron chi connectivity index (χ1n) is 7.34. The van der Waals surface area contributed by atoms with Crippen LogP contribution in [0.2, 0.25) is 0 Å². The highest BCUT2D eigenvalue weighted by molar-refractivity contribution is 9.10. The minimum Gasteiger partial charge on any atom is -0.339 e. The van der Waals surface area contributed by atoms with Crippen molar-refractivity contribution in [3.05, 3.63) is 34.1 Å². The minimum atomic E-state index is -0.360. The van der Waals surface area contributed by atoms with Gasteiger partial charge in [0.05, 0.1) is 5.56 Å². The van der Waals surface area contributed by atoms with Crippen LogP contribution in [0.3, 0.4) is 0 Å². The van der Waals surface area contributed by atoms with E-state index in [1.165, 1.54) is 37.8 Å². The summed E-state index contributed by atoms with van der Waals surface area (Å²) in [6.07, 6.45) is 7.52. The van der Waals surface area contributed by atoms with Gasteiger partial charge in [-0.1, -0.05) is 12.8 Å². The summed E-state index contributed by atoms with van der Waals surface area (Å²) in [5.74, 6) is -0.412. The predicted octanol–water partition coefficient (Wildman–Crippen LogP) is 4.38. The molecule has 1 saturated heterocycles. The van der Waals surface area contributed by atoms with Crippen LogP contribution < -0.4 is 0 Å². The first kappa shape index (κ1) is 14.1. The minimum absolute atomic E-state index is 0.0516. The zero-order chi connectivity index (χ0) is 14.2. The lowest BCUT2D eigenvalue weighted by Gasteiger charge is -2.39. The van der Waals surface area contributed by atoms with E-state index in [9.17, 15) is 9.18 Å². The van der Waals surface area contributed by atoms with Crippen LogP contribution in [0.4, 0.5) is 4.39 Å². The highest BCUT2D eigenvalue weighted by atomic mass is 79.9. The van der Waals surface area contributed by atoms with Gasteiger partial charge in [0.2, 0.25) is 0 Å². The van der Waals surface area contributed by atoms with Gasteiger partial charge in [0.1, 0.15) is 5.82 Å². The molecular formula is C16H19BrFNO. The van der Waals surface area contributed by atoms with Gasteiger partial charge in [-0.15, -0.1) is 0 Å². The van der Waals surface area contributed by atoms with E-state index in [4.69, 9.17) is 0 Å². The Morgan fingerprint density at radius 2 is 1.80 bits per heavy atom. The van der Waals surface area contributed by atoms with E-state index in [2.05, 4.69) is 15.9 Å². The summed E-state index contributed by atoms with van der Waals surface area (Å²) in [5.41, 5.74) is 0.933. The molecule has 1 spiro atoms. The third-order valence-electron chi connectivity index (χ3n) is 4.93. The Bertz CT molecular complexity index is 515. The number of hydrogen-bond acceptors (Lipinski definition) is 1. The number of amides is 1. The summed E-state index contributed by atoms with van der Waals surface area (Å²) in [4.78, 5) is 14.4. The molecule has 2 nitrogen and oxygen atoms in total. The third kappa shape index (κ3) is 2.62. The largest absolute Gasteiger partial charge is 0.339 e. The van der Waals surface area contributed by atoms with Gasteiger partial charge in [0.25, 0.3) is 5.91 Å². The van der Waals surface area contributed by atoms with Crippen molar-refractivity contribution in [3.8, 4) is 0 Å². The molecule has 3 rings (SSSR count). The van der Waals surface area contributed by atoms with Crippen molar-refractivity contribution in [1.29, 1.82) is 0 Å². The van der Waals surface area contributed by atoms with Crippen LogP contribution in [0.15, 0.2) is 22.7 Å². The van der Waals surface area contributed by atoms with Crippen LogP contribution >= 0.6 is 15.9 Å². The van der Waals surface area contributed by atoms with Crippen molar-refractivity contribution in [1.82, 2.24) is 4.90 Å². The van der Waals surface area contributed by atoms with E-state index in [1.54, 1.807) is 6.07 Å². The second kappa shape index (κ2) is 5.47. The lowest BCUT2D eigenvalue weighted by atomic mass is 9.77. The topological polar surface area (TPSA) is 20.3 Å². The molecule has 0 aromatic heterocycles. The van der Waals surface area contributed by atoms with Crippen LogP contribution in [-0.2, 0) is 0 Å². The third-order valence-corrected chi connectivity index (χ3v) is 5.63. The number of carbonyl (C=O) groups is 1. The highest BCUT2D eigenvalue weighted by Crippen LogP contribution is 2.46. The van der Waals surface area contributed by atoms with Gasteiger partial charge in [-0.25, -0.2) is 4.39 Å². The quantitative estimate of drug-likeness (QED) is 0.743. The molecule has 1 heterocycles. The summed E-state index contributed by atoms with van der Waals surface area (Å²) >= 11 is 3.34. The first-order chi connectivity index (χ1) is 9.60. The van der Waals surface area contributed by atoms with Crippen molar-refractivity contribution >= 4 is 21.8 Å². The zero-order valence-corrected chi connectivity index (χ0v) is 13.1. The first-order valence-corrected chi connectivity index (χ1v) is 8.13. The molecule has 4 heteroatoms. The molecule has 2 fully saturated rings. The van der Waals surface area contributed by atoms with E-state index in [1.807, 2.05) is 4.90 Å². The summed E-state index contributed by atoms with van der Waals surface area (Å²) in [6.45, 7) is 1.61. The predicted molar refractivity (Wildman–Crippen MR) is 80.1 cm³/mol. The number of nitrogens with zero attached hydrogens (tertiary/aromatic N) is 1. The fraction of sp³-hybridized carbons (Fsp3) is 0.562. The summed E-state index contributed by atoms with van der Waals surface area (Å²) < 4.78 is 14.0. The average Bonchev–Trinajstić information content (AvgIpc) is 2.90. The molecule has 2 aliphatic rings. The Labute approximate surface area is 127 Å². The monoisotopic (exact) mass is 339 g/mol. The molecule has 1 aromatic rings. The van der Waals surface area contributed by atoms with Gasteiger partial charge in [-0.2, -0.15) is 0 Å². The molecule has 1 amide bonds. The van der Waals surface area contributed by atoms with Crippen molar-refractivity contribution in [2.24, 2.45) is 5.41 Å². The number of rotatable bonds is 1. The van der Waals surface area contributed by atoms with Crippen LogP contribution in [0.5, 0.6) is 0 Å². The van der Waals surface area contributed by atoms with Gasteiger partial charge >= 0.3 is 0 Å². The Morgan fingerprint density at radius 3 is 2.45 bits per heavy atom. The van der Waals surface area contributed by atoms with Gasteiger partial charge in [0, 0.05) is 17.6 Å². The van der Waals surface area contributed by atoms with Gasteiger partial charge in [-0.05, 0) is 65.2 Å². The van der Waals surface area contributed by atoms with Crippen molar-refractivity contribution in [2.75, 3.05) is 13.1 Å². The summed E-state index contributed by atoms with van der Waals surface area (Å²) in [7, 11) is 0. The Kier molecular flexibility index (Phi) is 3.85. The number of piperidine rings is 1. The van der Waals surface area contributed by atoms with E-state index in [-0.39, 0.29) is 11.7 Å². The molecular weight excluding hydrogens is 321 g/mol. The zero-order valence-electron chi connectivity index (χ0n) is 11.5. The molecule has 1 aliphatic carbocycles. The lowest BCUT2D eigenvalue weighted by molar-refractivity contribution is 0.0586. The summed E-state index contributed by atoms with van der Waals surface area (Å²) in [5, 5.41) is 0. The number of halogens is 2. The maximum atomic E-state index is 13.3. The standard InChI is InChI=1S/C16H19BrFNO/c17-14-4-3-12(18)11-13(14)15(20)19-9-7-16(8-10-19)5-1-2-6-16/h3-4,11H,1-2,5-10H2. The molecule has 0 N–H and O–H groups in total. The lowest BCUT2D eigenvalue weighted by Crippen LogP contribution is -2.42. The Balaban J connectivity index is 1.71. The van der Waals surface area contributed by atoms with Crippen molar-refractivity contribution in [3.63, 3.8) is 0 Å². The number of likely N-dealkylation sites (tertiary alicyclic amines) is 1. The van der Waals surface area contributed by atoms with Crippen LogP contribution in [0.25, 0.3) is 0 Å². The SMILES string of the molecule is O=C(c1cc(F)ccc1Br)N1CCC2(CCCC2)CC1. The normalized spacial score (nSPS) is 21.4. The molecule has 1 aromatic carbocycles. The van der Waals surface area contributed by atoms with Crippen molar-refractivity contribution in [2.45, 2.75) is 38.5 Å². The van der Waals surface area contributed by atoms with Gasteiger partial charge in [-0.3, -0.25) is 4.79 Å². The van der Waals surface area contributed by atoms with E-state index in [0.29, 0.717) is 15.5 Å². The van der Waals surface area contributed by atoms with Gasteiger partial charge < -0.3 is 4.90 Å². The van der Waals surface area contributed by atoms with E-state index in [0.717, 1.165) is 25.9 Å². The smallest absolute Gasteiger partial charge is 0.255 e. The number of carbonyl (C=O) groups excluding carboxylic acids is 1. The number of hydrogen-bond donors (Lipinski definition) is 0. The molecule has 20 heavy (non-hydrogen) atoms. The van der Waals surface area contributed by atoms with Crippen LogP contribution in [0, 0.1) is 11.2 Å². The second-order valence-corrected chi connectivity index (χ2v) is 6.98. The van der Waals surface area contributed by atoms with E-state index >= 15 is 0 Å². The van der Waals surface area contributed by atoms with Crippen LogP contribution in [0.1, 0.15) is 48.9 Å². The summed E-state index contributed by atoms with van der Waals surface area (Å²) in [6, 6.07) is 4.29. The maximum Gasteiger partial charge on any atom is 0.255 e. The molecule has 0 atom stereocenters. The number of benzene rings is 1. The highest BCUT2D eigenvalue weighted by Gasteiger charge is 2.38. The molecule has 1 aliphatic heterocycles. The fourth-order valence-electron chi connectivity index (χ4n) is 3.64. The maximum absolute atomic E-state index is 13.3. The molecule has 1 saturated carbocycles. The van der Waals surface area contributed by atoms with E-state index < -0.39 is 0 Å². The second-order valence-electron chi connectivity index (χ2n) is 6.12. The fourth-order valence-corrected chi connectivity index (χ4v) is 4.06.